The molecular weight excluding hydrogens is 426 g/mol. The van der Waals surface area contributed by atoms with Crippen LogP contribution in [0, 0.1) is 6.92 Å². The van der Waals surface area contributed by atoms with E-state index in [0.29, 0.717) is 5.92 Å². The van der Waals surface area contributed by atoms with Crippen LogP contribution in [-0.2, 0) is 13.5 Å². The predicted octanol–water partition coefficient (Wildman–Crippen LogP) is 8.66. The first-order valence-electron chi connectivity index (χ1n) is 13.3. The molecule has 0 spiro atoms. The summed E-state index contributed by atoms with van der Waals surface area (Å²) in [7, 11) is 2.19. The largest absolute Gasteiger partial charge is 0.455 e. The fraction of sp³-hybridized carbons (Fsp3) is 0.303. The Morgan fingerprint density at radius 3 is 2.51 bits per heavy atom. The molecule has 0 unspecified atom stereocenters. The van der Waals surface area contributed by atoms with Gasteiger partial charge in [-0.05, 0) is 70.8 Å². The van der Waals surface area contributed by atoms with Crippen LogP contribution in [0.2, 0.25) is 0 Å². The van der Waals surface area contributed by atoms with Crippen LogP contribution in [0.1, 0.15) is 61.6 Å². The first-order chi connectivity index (χ1) is 17.2. The van der Waals surface area contributed by atoms with E-state index in [0.717, 1.165) is 24.3 Å². The van der Waals surface area contributed by atoms with E-state index in [-0.39, 0.29) is 0 Å². The third-order valence-electron chi connectivity index (χ3n) is 8.53. The Morgan fingerprint density at radius 1 is 0.914 bits per heavy atom. The van der Waals surface area contributed by atoms with Gasteiger partial charge in [0.1, 0.15) is 18.5 Å². The second kappa shape index (κ2) is 7.81. The molecule has 7 rings (SSSR count). The van der Waals surface area contributed by atoms with Gasteiger partial charge in [0, 0.05) is 17.0 Å². The van der Waals surface area contributed by atoms with Crippen molar-refractivity contribution in [3.8, 4) is 22.8 Å². The van der Waals surface area contributed by atoms with Crippen LogP contribution < -0.4 is 9.30 Å². The Labute approximate surface area is 207 Å². The number of pyridine rings is 1. The highest BCUT2D eigenvalue weighted by Gasteiger charge is 2.34. The summed E-state index contributed by atoms with van der Waals surface area (Å²) in [5.74, 6) is 2.73. The van der Waals surface area contributed by atoms with Crippen molar-refractivity contribution in [2.75, 3.05) is 0 Å². The van der Waals surface area contributed by atoms with Crippen molar-refractivity contribution in [2.24, 2.45) is 7.05 Å². The number of benzene rings is 4. The highest BCUT2D eigenvalue weighted by molar-refractivity contribution is 6.17. The SMILES string of the molecule is CCCc1c2c(c(C)c3ccccc13)-c1c3c(cc4cccc(C5CCCC5)c4c3cc[n+]1C)O2. The van der Waals surface area contributed by atoms with E-state index in [1.165, 1.54) is 85.9 Å². The standard InChI is InChI=1S/C33H32NO/c1-4-10-26-25-15-8-7-14-23(25)20(2)29-32-31-27(17-18-34(32)3)30-22(19-28(31)35-33(26)29)13-9-16-24(30)21-11-5-6-12-21/h7-9,13-19,21H,4-6,10-12H2,1-3H3/q+1. The molecule has 1 aliphatic heterocycles. The zero-order valence-electron chi connectivity index (χ0n) is 20.9. The molecule has 0 radical (unpaired) electrons. The number of ether oxygens (including phenoxy) is 1. The molecule has 2 heterocycles. The molecule has 1 aromatic heterocycles. The van der Waals surface area contributed by atoms with Gasteiger partial charge >= 0.3 is 0 Å². The van der Waals surface area contributed by atoms with Crippen LogP contribution in [0.5, 0.6) is 11.5 Å². The topological polar surface area (TPSA) is 13.1 Å². The molecule has 1 saturated carbocycles. The Kier molecular flexibility index (Phi) is 4.67. The summed E-state index contributed by atoms with van der Waals surface area (Å²) in [4.78, 5) is 0. The fourth-order valence-electron chi connectivity index (χ4n) is 6.96. The Balaban J connectivity index is 1.64. The van der Waals surface area contributed by atoms with E-state index in [1.807, 2.05) is 0 Å². The molecule has 0 amide bonds. The molecule has 0 bridgehead atoms. The van der Waals surface area contributed by atoms with Crippen molar-refractivity contribution >= 4 is 32.3 Å². The molecule has 35 heavy (non-hydrogen) atoms. The van der Waals surface area contributed by atoms with Crippen LogP contribution in [-0.4, -0.2) is 0 Å². The minimum Gasteiger partial charge on any atom is -0.455 e. The predicted molar refractivity (Wildman–Crippen MR) is 146 cm³/mol. The van der Waals surface area contributed by atoms with Crippen molar-refractivity contribution in [3.05, 3.63) is 77.5 Å². The summed E-state index contributed by atoms with van der Waals surface area (Å²) < 4.78 is 9.25. The second-order valence-corrected chi connectivity index (χ2v) is 10.6. The van der Waals surface area contributed by atoms with Gasteiger partial charge in [0.05, 0.1) is 10.9 Å². The lowest BCUT2D eigenvalue weighted by Gasteiger charge is -2.26. The highest BCUT2D eigenvalue weighted by atomic mass is 16.5. The minimum absolute atomic E-state index is 0.670. The lowest BCUT2D eigenvalue weighted by Crippen LogP contribution is -2.32. The fourth-order valence-corrected chi connectivity index (χ4v) is 6.96. The van der Waals surface area contributed by atoms with Crippen molar-refractivity contribution in [1.29, 1.82) is 0 Å². The maximum absolute atomic E-state index is 6.94. The number of rotatable bonds is 3. The van der Waals surface area contributed by atoms with Gasteiger partial charge in [-0.25, -0.2) is 4.57 Å². The Bertz CT molecular complexity index is 1660. The van der Waals surface area contributed by atoms with Gasteiger partial charge in [-0.3, -0.25) is 0 Å². The van der Waals surface area contributed by atoms with Crippen LogP contribution in [0.25, 0.3) is 43.6 Å². The number of fused-ring (bicyclic) bond motifs is 5. The summed E-state index contributed by atoms with van der Waals surface area (Å²) in [6.45, 7) is 4.53. The normalized spacial score (nSPS) is 15.2. The number of aryl methyl sites for hydroxylation is 3. The van der Waals surface area contributed by atoms with Crippen molar-refractivity contribution in [3.63, 3.8) is 0 Å². The second-order valence-electron chi connectivity index (χ2n) is 10.6. The van der Waals surface area contributed by atoms with Gasteiger partial charge in [0.2, 0.25) is 5.69 Å². The number of hydrogen-bond acceptors (Lipinski definition) is 1. The summed E-state index contributed by atoms with van der Waals surface area (Å²) >= 11 is 0. The first-order valence-corrected chi connectivity index (χ1v) is 13.3. The minimum atomic E-state index is 0.670. The first kappa shape index (κ1) is 20.9. The molecule has 2 aliphatic rings. The molecule has 5 aromatic rings. The van der Waals surface area contributed by atoms with Crippen molar-refractivity contribution in [1.82, 2.24) is 0 Å². The molecule has 2 heteroatoms. The summed E-state index contributed by atoms with van der Waals surface area (Å²) in [6.07, 6.45) is 9.67. The molecular formula is C33H32NO+. The summed E-state index contributed by atoms with van der Waals surface area (Å²) in [5, 5.41) is 8.00. The third kappa shape index (κ3) is 2.92. The van der Waals surface area contributed by atoms with Crippen molar-refractivity contribution < 1.29 is 9.30 Å². The molecule has 4 aromatic carbocycles. The molecule has 1 aliphatic carbocycles. The summed E-state index contributed by atoms with van der Waals surface area (Å²) in [6, 6.07) is 20.4. The van der Waals surface area contributed by atoms with E-state index in [1.54, 1.807) is 0 Å². The van der Waals surface area contributed by atoms with E-state index < -0.39 is 0 Å². The zero-order valence-corrected chi connectivity index (χ0v) is 20.9. The Morgan fingerprint density at radius 2 is 1.71 bits per heavy atom. The lowest BCUT2D eigenvalue weighted by atomic mass is 9.85. The van der Waals surface area contributed by atoms with E-state index >= 15 is 0 Å². The molecule has 2 nitrogen and oxygen atoms in total. The maximum Gasteiger partial charge on any atom is 0.228 e. The van der Waals surface area contributed by atoms with Gasteiger partial charge in [-0.1, -0.05) is 68.7 Å². The lowest BCUT2D eigenvalue weighted by molar-refractivity contribution is -0.659. The van der Waals surface area contributed by atoms with E-state index in [9.17, 15) is 0 Å². The maximum atomic E-state index is 6.94. The number of nitrogens with zero attached hydrogens (tertiary/aromatic N) is 1. The van der Waals surface area contributed by atoms with Gasteiger partial charge in [-0.15, -0.1) is 0 Å². The monoisotopic (exact) mass is 458 g/mol. The van der Waals surface area contributed by atoms with Crippen molar-refractivity contribution in [2.45, 2.75) is 58.3 Å². The third-order valence-corrected chi connectivity index (χ3v) is 8.53. The zero-order chi connectivity index (χ0) is 23.7. The van der Waals surface area contributed by atoms with Gasteiger partial charge in [0.25, 0.3) is 0 Å². The van der Waals surface area contributed by atoms with Gasteiger partial charge in [0.15, 0.2) is 6.20 Å². The van der Waals surface area contributed by atoms with Crippen LogP contribution in [0.4, 0.5) is 0 Å². The van der Waals surface area contributed by atoms with Crippen LogP contribution in [0.15, 0.2) is 60.8 Å². The number of hydrogen-bond donors (Lipinski definition) is 0. The molecule has 0 saturated heterocycles. The quantitative estimate of drug-likeness (QED) is 0.191. The molecule has 1 fully saturated rings. The molecule has 174 valence electrons. The summed E-state index contributed by atoms with van der Waals surface area (Å²) in [5.41, 5.74) is 6.74. The smallest absolute Gasteiger partial charge is 0.228 e. The van der Waals surface area contributed by atoms with Crippen LogP contribution >= 0.6 is 0 Å². The van der Waals surface area contributed by atoms with Gasteiger partial charge < -0.3 is 4.74 Å². The van der Waals surface area contributed by atoms with E-state index in [4.69, 9.17) is 4.74 Å². The molecule has 0 atom stereocenters. The average molecular weight is 459 g/mol. The number of aromatic nitrogens is 1. The van der Waals surface area contributed by atoms with Crippen LogP contribution in [0.3, 0.4) is 0 Å². The molecule has 0 N–H and O–H groups in total. The Hall–Kier alpha value is -3.39. The average Bonchev–Trinajstić information content (AvgIpc) is 3.42. The highest BCUT2D eigenvalue weighted by Crippen LogP contribution is 2.53. The van der Waals surface area contributed by atoms with Gasteiger partial charge in [-0.2, -0.15) is 0 Å². The van der Waals surface area contributed by atoms with E-state index in [2.05, 4.69) is 86.3 Å².